The van der Waals surface area contributed by atoms with Crippen molar-refractivity contribution in [3.63, 3.8) is 0 Å². The molecule has 0 aliphatic rings. The van der Waals surface area contributed by atoms with Crippen LogP contribution in [0.15, 0.2) is 54.6 Å². The van der Waals surface area contributed by atoms with E-state index in [0.717, 1.165) is 11.1 Å². The van der Waals surface area contributed by atoms with Crippen molar-refractivity contribution in [3.05, 3.63) is 65.7 Å². The molecular weight excluding hydrogens is 292 g/mol. The molecule has 0 bridgehead atoms. The molecule has 5 heteroatoms. The number of ether oxygens (including phenoxy) is 1. The molecule has 0 heterocycles. The molecule has 2 rings (SSSR count). The zero-order valence-electron chi connectivity index (χ0n) is 13.0. The Morgan fingerprint density at radius 1 is 1.04 bits per heavy atom. The maximum Gasteiger partial charge on any atom is 0.250 e. The Balaban J connectivity index is 2.23. The van der Waals surface area contributed by atoms with Gasteiger partial charge in [-0.05, 0) is 30.7 Å². The number of benzene rings is 2. The first-order chi connectivity index (χ1) is 11.0. The van der Waals surface area contributed by atoms with Crippen molar-refractivity contribution in [3.8, 4) is 5.75 Å². The molecule has 118 valence electrons. The molecule has 2 aromatic carbocycles. The summed E-state index contributed by atoms with van der Waals surface area (Å²) < 4.78 is 5.28. The van der Waals surface area contributed by atoms with Crippen molar-refractivity contribution < 1.29 is 14.3 Å². The van der Waals surface area contributed by atoms with Gasteiger partial charge in [0.2, 0.25) is 5.91 Å². The molecule has 5 nitrogen and oxygen atoms in total. The van der Waals surface area contributed by atoms with Crippen molar-refractivity contribution in [2.24, 2.45) is 5.73 Å². The Morgan fingerprint density at radius 3 is 2.30 bits per heavy atom. The number of allylic oxidation sites excluding steroid dienone is 1. The number of hydrogen-bond acceptors (Lipinski definition) is 3. The van der Waals surface area contributed by atoms with Crippen molar-refractivity contribution in [1.29, 1.82) is 0 Å². The van der Waals surface area contributed by atoms with Crippen LogP contribution in [0.5, 0.6) is 5.75 Å². The lowest BCUT2D eigenvalue weighted by Gasteiger charge is -2.10. The highest BCUT2D eigenvalue weighted by atomic mass is 16.5. The standard InChI is InChI=1S/C18H18N2O3/c1-12(13-7-4-6-10-16(13)23-2)11-17(21)20-15-9-5-3-8-14(15)18(19)22/h3-11H,1-2H3,(H2,19,22)(H,20,21). The Bertz CT molecular complexity index is 766. The Labute approximate surface area is 134 Å². The molecule has 0 atom stereocenters. The van der Waals surface area contributed by atoms with Gasteiger partial charge in [0.15, 0.2) is 0 Å². The lowest BCUT2D eigenvalue weighted by atomic mass is 10.1. The van der Waals surface area contributed by atoms with Crippen LogP contribution in [-0.4, -0.2) is 18.9 Å². The molecule has 0 aromatic heterocycles. The van der Waals surface area contributed by atoms with Crippen molar-refractivity contribution in [2.75, 3.05) is 12.4 Å². The Kier molecular flexibility index (Phi) is 5.15. The summed E-state index contributed by atoms with van der Waals surface area (Å²) in [6, 6.07) is 14.0. The largest absolute Gasteiger partial charge is 0.496 e. The molecule has 23 heavy (non-hydrogen) atoms. The summed E-state index contributed by atoms with van der Waals surface area (Å²) in [5.74, 6) is -0.250. The van der Waals surface area contributed by atoms with Crippen LogP contribution in [0.3, 0.4) is 0 Å². The Morgan fingerprint density at radius 2 is 1.65 bits per heavy atom. The maximum absolute atomic E-state index is 12.2. The zero-order chi connectivity index (χ0) is 16.8. The van der Waals surface area contributed by atoms with Crippen molar-refractivity contribution in [2.45, 2.75) is 6.92 Å². The number of methoxy groups -OCH3 is 1. The molecule has 0 unspecified atom stereocenters. The number of nitrogens with two attached hydrogens (primary N) is 1. The smallest absolute Gasteiger partial charge is 0.250 e. The summed E-state index contributed by atoms with van der Waals surface area (Å²) in [5, 5.41) is 2.67. The average Bonchev–Trinajstić information content (AvgIpc) is 2.54. The van der Waals surface area contributed by atoms with Gasteiger partial charge in [0.1, 0.15) is 5.75 Å². The molecule has 0 spiro atoms. The van der Waals surface area contributed by atoms with Gasteiger partial charge in [-0.25, -0.2) is 0 Å². The van der Waals surface area contributed by atoms with Gasteiger partial charge in [-0.15, -0.1) is 0 Å². The van der Waals surface area contributed by atoms with E-state index >= 15 is 0 Å². The minimum absolute atomic E-state index is 0.268. The topological polar surface area (TPSA) is 81.4 Å². The lowest BCUT2D eigenvalue weighted by molar-refractivity contribution is -0.111. The van der Waals surface area contributed by atoms with Gasteiger partial charge >= 0.3 is 0 Å². The highest BCUT2D eigenvalue weighted by Gasteiger charge is 2.10. The van der Waals surface area contributed by atoms with E-state index in [9.17, 15) is 9.59 Å². The number of carbonyl (C=O) groups excluding carboxylic acids is 2. The van der Waals surface area contributed by atoms with Gasteiger partial charge < -0.3 is 15.8 Å². The molecule has 0 fully saturated rings. The van der Waals surface area contributed by atoms with E-state index < -0.39 is 5.91 Å². The van der Waals surface area contributed by atoms with Crippen LogP contribution >= 0.6 is 0 Å². The van der Waals surface area contributed by atoms with E-state index in [1.165, 1.54) is 6.08 Å². The molecule has 2 aromatic rings. The molecular formula is C18H18N2O3. The number of hydrogen-bond donors (Lipinski definition) is 2. The second kappa shape index (κ2) is 7.26. The van der Waals surface area contributed by atoms with Crippen LogP contribution in [0, 0.1) is 0 Å². The van der Waals surface area contributed by atoms with Crippen molar-refractivity contribution in [1.82, 2.24) is 0 Å². The van der Waals surface area contributed by atoms with E-state index in [0.29, 0.717) is 11.4 Å². The van der Waals surface area contributed by atoms with Crippen LogP contribution in [-0.2, 0) is 4.79 Å². The normalized spacial score (nSPS) is 11.0. The monoisotopic (exact) mass is 310 g/mol. The SMILES string of the molecule is COc1ccccc1C(C)=CC(=O)Nc1ccccc1C(N)=O. The van der Waals surface area contributed by atoms with Gasteiger partial charge in [0.05, 0.1) is 18.4 Å². The first-order valence-corrected chi connectivity index (χ1v) is 7.04. The summed E-state index contributed by atoms with van der Waals surface area (Å²) >= 11 is 0. The zero-order valence-corrected chi connectivity index (χ0v) is 13.0. The second-order valence-corrected chi connectivity index (χ2v) is 4.93. The highest BCUT2D eigenvalue weighted by Crippen LogP contribution is 2.25. The van der Waals surface area contributed by atoms with Crippen molar-refractivity contribution >= 4 is 23.1 Å². The molecule has 2 amide bonds. The van der Waals surface area contributed by atoms with Gasteiger partial charge in [-0.1, -0.05) is 30.3 Å². The number of anilines is 1. The second-order valence-electron chi connectivity index (χ2n) is 4.93. The third-order valence-electron chi connectivity index (χ3n) is 3.33. The first kappa shape index (κ1) is 16.3. The summed E-state index contributed by atoms with van der Waals surface area (Å²) in [6.07, 6.45) is 1.45. The first-order valence-electron chi connectivity index (χ1n) is 7.04. The predicted octanol–water partition coefficient (Wildman–Crippen LogP) is 2.84. The molecule has 0 radical (unpaired) electrons. The molecule has 0 saturated heterocycles. The average molecular weight is 310 g/mol. The molecule has 3 N–H and O–H groups in total. The van der Waals surface area contributed by atoms with Gasteiger partial charge in [-0.2, -0.15) is 0 Å². The minimum Gasteiger partial charge on any atom is -0.496 e. The number of para-hydroxylation sites is 2. The third kappa shape index (κ3) is 3.97. The van der Waals surface area contributed by atoms with Gasteiger partial charge in [0.25, 0.3) is 5.91 Å². The van der Waals surface area contributed by atoms with Gasteiger partial charge in [0, 0.05) is 11.6 Å². The molecule has 0 saturated carbocycles. The quantitative estimate of drug-likeness (QED) is 0.833. The fourth-order valence-corrected chi connectivity index (χ4v) is 2.22. The van der Waals surface area contributed by atoms with Crippen LogP contribution < -0.4 is 15.8 Å². The van der Waals surface area contributed by atoms with E-state index in [1.54, 1.807) is 31.4 Å². The predicted molar refractivity (Wildman–Crippen MR) is 90.2 cm³/mol. The maximum atomic E-state index is 12.2. The Hall–Kier alpha value is -3.08. The van der Waals surface area contributed by atoms with E-state index in [1.807, 2.05) is 31.2 Å². The summed E-state index contributed by atoms with van der Waals surface area (Å²) in [5.41, 5.74) is 7.52. The number of rotatable bonds is 5. The highest BCUT2D eigenvalue weighted by molar-refractivity contribution is 6.08. The van der Waals surface area contributed by atoms with Crippen LogP contribution in [0.1, 0.15) is 22.8 Å². The molecule has 0 aliphatic heterocycles. The lowest BCUT2D eigenvalue weighted by Crippen LogP contribution is -2.17. The third-order valence-corrected chi connectivity index (χ3v) is 3.33. The van der Waals surface area contributed by atoms with E-state index in [2.05, 4.69) is 5.32 Å². The van der Waals surface area contributed by atoms with Crippen LogP contribution in [0.2, 0.25) is 0 Å². The fraction of sp³-hybridized carbons (Fsp3) is 0.111. The fourth-order valence-electron chi connectivity index (χ4n) is 2.22. The number of carbonyl (C=O) groups is 2. The number of primary amides is 1. The molecule has 0 aliphatic carbocycles. The van der Waals surface area contributed by atoms with E-state index in [-0.39, 0.29) is 11.5 Å². The summed E-state index contributed by atoms with van der Waals surface area (Å²) in [6.45, 7) is 1.82. The minimum atomic E-state index is -0.591. The van der Waals surface area contributed by atoms with Gasteiger partial charge in [-0.3, -0.25) is 9.59 Å². The summed E-state index contributed by atoms with van der Waals surface area (Å²) in [4.78, 5) is 23.6. The van der Waals surface area contributed by atoms with Crippen LogP contribution in [0.25, 0.3) is 5.57 Å². The number of nitrogens with one attached hydrogen (secondary N) is 1. The summed E-state index contributed by atoms with van der Waals surface area (Å²) in [7, 11) is 1.58. The van der Waals surface area contributed by atoms with Crippen LogP contribution in [0.4, 0.5) is 5.69 Å². The van der Waals surface area contributed by atoms with E-state index in [4.69, 9.17) is 10.5 Å². The number of amides is 2.